The molecule has 0 aliphatic carbocycles. The summed E-state index contributed by atoms with van der Waals surface area (Å²) in [6.07, 6.45) is -4.66. The molecule has 0 atom stereocenters. The fourth-order valence-corrected chi connectivity index (χ4v) is 4.03. The Morgan fingerprint density at radius 2 is 2.11 bits per heavy atom. The van der Waals surface area contributed by atoms with Crippen LogP contribution in [0.15, 0.2) is 39.6 Å². The molecule has 0 radical (unpaired) electrons. The molecule has 142 valence electrons. The Hall–Kier alpha value is -2.04. The van der Waals surface area contributed by atoms with Crippen molar-refractivity contribution >= 4 is 56.5 Å². The first-order chi connectivity index (χ1) is 12.7. The highest BCUT2D eigenvalue weighted by Crippen LogP contribution is 2.36. The van der Waals surface area contributed by atoms with Crippen LogP contribution in [0, 0.1) is 0 Å². The van der Waals surface area contributed by atoms with Crippen LogP contribution in [0.4, 0.5) is 18.9 Å². The lowest BCUT2D eigenvalue weighted by Crippen LogP contribution is -2.21. The van der Waals surface area contributed by atoms with Gasteiger partial charge in [-0.05, 0) is 29.6 Å². The average molecular weight is 434 g/mol. The molecular formula is C16H11ClF3N3O2S2. The van der Waals surface area contributed by atoms with Gasteiger partial charge in [0.1, 0.15) is 4.83 Å². The number of anilines is 1. The number of amides is 1. The normalized spacial score (nSPS) is 11.7. The SMILES string of the molecule is Cn1c(SCC(=O)Nc2ccc(Cl)cc2C(F)(F)F)nc2sccc2c1=O. The number of nitrogens with one attached hydrogen (secondary N) is 1. The Balaban J connectivity index is 1.76. The predicted molar refractivity (Wildman–Crippen MR) is 101 cm³/mol. The fourth-order valence-electron chi connectivity index (χ4n) is 2.29. The van der Waals surface area contributed by atoms with Crippen LogP contribution in [0.5, 0.6) is 0 Å². The van der Waals surface area contributed by atoms with E-state index in [9.17, 15) is 22.8 Å². The topological polar surface area (TPSA) is 64.0 Å². The summed E-state index contributed by atoms with van der Waals surface area (Å²) in [5.41, 5.74) is -1.66. The minimum Gasteiger partial charge on any atom is -0.325 e. The average Bonchev–Trinajstić information content (AvgIpc) is 3.06. The third-order valence-electron chi connectivity index (χ3n) is 3.56. The van der Waals surface area contributed by atoms with Crippen molar-refractivity contribution in [2.45, 2.75) is 11.3 Å². The zero-order valence-electron chi connectivity index (χ0n) is 13.6. The first-order valence-corrected chi connectivity index (χ1v) is 9.65. The number of hydrogen-bond donors (Lipinski definition) is 1. The van der Waals surface area contributed by atoms with Crippen molar-refractivity contribution in [1.29, 1.82) is 0 Å². The maximum absolute atomic E-state index is 13.1. The second kappa shape index (κ2) is 7.53. The standard InChI is InChI=1S/C16H11ClF3N3O2S2/c1-23-14(25)9-4-5-26-13(9)22-15(23)27-7-12(24)21-11-3-2-8(17)6-10(11)16(18,19)20/h2-6H,7H2,1H3,(H,21,24). The molecule has 0 bridgehead atoms. The summed E-state index contributed by atoms with van der Waals surface area (Å²) in [5.74, 6) is -0.870. The van der Waals surface area contributed by atoms with E-state index in [0.29, 0.717) is 15.4 Å². The van der Waals surface area contributed by atoms with Gasteiger partial charge in [-0.1, -0.05) is 23.4 Å². The van der Waals surface area contributed by atoms with Gasteiger partial charge >= 0.3 is 6.18 Å². The molecule has 2 aromatic heterocycles. The molecule has 2 heterocycles. The van der Waals surface area contributed by atoms with Crippen LogP contribution in [-0.2, 0) is 18.0 Å². The van der Waals surface area contributed by atoms with Crippen LogP contribution < -0.4 is 10.9 Å². The van der Waals surface area contributed by atoms with E-state index < -0.39 is 17.6 Å². The maximum Gasteiger partial charge on any atom is 0.418 e. The van der Waals surface area contributed by atoms with E-state index in [1.54, 1.807) is 11.4 Å². The monoisotopic (exact) mass is 433 g/mol. The number of carbonyl (C=O) groups excluding carboxylic acids is 1. The Bertz CT molecular complexity index is 1080. The van der Waals surface area contributed by atoms with E-state index in [0.717, 1.165) is 23.9 Å². The second-order valence-corrected chi connectivity index (χ2v) is 7.70. The van der Waals surface area contributed by atoms with Crippen molar-refractivity contribution in [3.63, 3.8) is 0 Å². The molecule has 0 fully saturated rings. The number of rotatable bonds is 4. The van der Waals surface area contributed by atoms with Crippen LogP contribution in [0.1, 0.15) is 5.56 Å². The molecule has 0 aliphatic rings. The van der Waals surface area contributed by atoms with Gasteiger partial charge in [-0.2, -0.15) is 13.2 Å². The minimum atomic E-state index is -4.66. The zero-order valence-corrected chi connectivity index (χ0v) is 16.0. The molecule has 0 saturated carbocycles. The Morgan fingerprint density at radius 1 is 1.37 bits per heavy atom. The minimum absolute atomic E-state index is 0.0850. The van der Waals surface area contributed by atoms with E-state index in [2.05, 4.69) is 10.3 Å². The number of carbonyl (C=O) groups is 1. The lowest BCUT2D eigenvalue weighted by molar-refractivity contribution is -0.137. The molecule has 1 aromatic carbocycles. The van der Waals surface area contributed by atoms with E-state index in [1.165, 1.54) is 29.0 Å². The van der Waals surface area contributed by atoms with Gasteiger partial charge in [-0.25, -0.2) is 4.98 Å². The molecule has 3 rings (SSSR count). The highest BCUT2D eigenvalue weighted by molar-refractivity contribution is 7.99. The first kappa shape index (κ1) is 19.7. The molecule has 0 aliphatic heterocycles. The molecule has 27 heavy (non-hydrogen) atoms. The summed E-state index contributed by atoms with van der Waals surface area (Å²) < 4.78 is 40.5. The summed E-state index contributed by atoms with van der Waals surface area (Å²) in [4.78, 5) is 29.2. The lowest BCUT2D eigenvalue weighted by Gasteiger charge is -2.14. The zero-order chi connectivity index (χ0) is 19.8. The molecule has 3 aromatic rings. The number of aromatic nitrogens is 2. The van der Waals surface area contributed by atoms with Crippen LogP contribution in [0.25, 0.3) is 10.2 Å². The predicted octanol–water partition coefficient (Wildman–Crippen LogP) is 4.40. The number of thiophene rings is 1. The number of fused-ring (bicyclic) bond motifs is 1. The van der Waals surface area contributed by atoms with Crippen molar-refractivity contribution in [1.82, 2.24) is 9.55 Å². The van der Waals surface area contributed by atoms with Crippen molar-refractivity contribution in [2.24, 2.45) is 7.05 Å². The fraction of sp³-hybridized carbons (Fsp3) is 0.188. The van der Waals surface area contributed by atoms with Crippen molar-refractivity contribution in [3.8, 4) is 0 Å². The van der Waals surface area contributed by atoms with Crippen LogP contribution in [-0.4, -0.2) is 21.2 Å². The molecule has 1 amide bonds. The molecule has 5 nitrogen and oxygen atoms in total. The van der Waals surface area contributed by atoms with Gasteiger partial charge in [-0.15, -0.1) is 11.3 Å². The largest absolute Gasteiger partial charge is 0.418 e. The van der Waals surface area contributed by atoms with Crippen molar-refractivity contribution in [2.75, 3.05) is 11.1 Å². The summed E-state index contributed by atoms with van der Waals surface area (Å²) in [7, 11) is 1.52. The van der Waals surface area contributed by atoms with Gasteiger partial charge in [-0.3, -0.25) is 14.2 Å². The molecule has 0 unspecified atom stereocenters. The first-order valence-electron chi connectivity index (χ1n) is 7.40. The number of nitrogens with zero attached hydrogens (tertiary/aromatic N) is 2. The van der Waals surface area contributed by atoms with Crippen LogP contribution in [0.3, 0.4) is 0 Å². The molecule has 0 saturated heterocycles. The summed E-state index contributed by atoms with van der Waals surface area (Å²) in [5, 5.41) is 4.66. The number of halogens is 4. The number of alkyl halides is 3. The summed E-state index contributed by atoms with van der Waals surface area (Å²) >= 11 is 7.87. The quantitative estimate of drug-likeness (QED) is 0.489. The van der Waals surface area contributed by atoms with Gasteiger partial charge < -0.3 is 5.32 Å². The lowest BCUT2D eigenvalue weighted by atomic mass is 10.1. The van der Waals surface area contributed by atoms with Crippen molar-refractivity contribution < 1.29 is 18.0 Å². The van der Waals surface area contributed by atoms with E-state index in [4.69, 9.17) is 11.6 Å². The summed E-state index contributed by atoms with van der Waals surface area (Å²) in [6, 6.07) is 4.77. The number of benzene rings is 1. The number of hydrogen-bond acceptors (Lipinski definition) is 5. The van der Waals surface area contributed by atoms with Crippen molar-refractivity contribution in [3.05, 3.63) is 50.6 Å². The third kappa shape index (κ3) is 4.28. The third-order valence-corrected chi connectivity index (χ3v) is 5.63. The smallest absolute Gasteiger partial charge is 0.325 e. The van der Waals surface area contributed by atoms with Gasteiger partial charge in [0.05, 0.1) is 22.4 Å². The molecular weight excluding hydrogens is 423 g/mol. The molecule has 1 N–H and O–H groups in total. The van der Waals surface area contributed by atoms with Gasteiger partial charge in [0.2, 0.25) is 5.91 Å². The molecule has 0 spiro atoms. The van der Waals surface area contributed by atoms with Crippen LogP contribution >= 0.6 is 34.7 Å². The van der Waals surface area contributed by atoms with Crippen LogP contribution in [0.2, 0.25) is 5.02 Å². The Morgan fingerprint density at radius 3 is 2.81 bits per heavy atom. The highest BCUT2D eigenvalue weighted by Gasteiger charge is 2.34. The maximum atomic E-state index is 13.1. The molecule has 11 heteroatoms. The Kier molecular flexibility index (Phi) is 5.50. The Labute approximate surface area is 164 Å². The number of thioether (sulfide) groups is 1. The second-order valence-electron chi connectivity index (χ2n) is 5.42. The van der Waals surface area contributed by atoms with E-state index in [1.807, 2.05) is 0 Å². The van der Waals surface area contributed by atoms with E-state index in [-0.39, 0.29) is 22.0 Å². The van der Waals surface area contributed by atoms with E-state index >= 15 is 0 Å². The summed E-state index contributed by atoms with van der Waals surface area (Å²) in [6.45, 7) is 0. The van der Waals surface area contributed by atoms with Gasteiger partial charge in [0.15, 0.2) is 5.16 Å². The van der Waals surface area contributed by atoms with Gasteiger partial charge in [0, 0.05) is 12.1 Å². The highest BCUT2D eigenvalue weighted by atomic mass is 35.5. The van der Waals surface area contributed by atoms with Gasteiger partial charge in [0.25, 0.3) is 5.56 Å².